The van der Waals surface area contributed by atoms with E-state index in [2.05, 4.69) is 38.5 Å². The predicted octanol–water partition coefficient (Wildman–Crippen LogP) is 4.03. The van der Waals surface area contributed by atoms with Crippen LogP contribution >= 0.6 is 12.2 Å². The molecule has 1 fully saturated rings. The van der Waals surface area contributed by atoms with Crippen molar-refractivity contribution in [3.63, 3.8) is 0 Å². The van der Waals surface area contributed by atoms with Crippen molar-refractivity contribution >= 4 is 28.9 Å². The Kier molecular flexibility index (Phi) is 5.81. The van der Waals surface area contributed by atoms with Crippen molar-refractivity contribution in [1.29, 1.82) is 0 Å². The highest BCUT2D eigenvalue weighted by Crippen LogP contribution is 2.40. The molecule has 7 heteroatoms. The molecule has 3 aromatic rings. The second-order valence-corrected chi connectivity index (χ2v) is 7.90. The van der Waals surface area contributed by atoms with E-state index in [1.165, 1.54) is 5.56 Å². The van der Waals surface area contributed by atoms with Gasteiger partial charge in [0.1, 0.15) is 0 Å². The summed E-state index contributed by atoms with van der Waals surface area (Å²) in [6, 6.07) is 17.4. The van der Waals surface area contributed by atoms with Crippen molar-refractivity contribution in [2.45, 2.75) is 32.4 Å². The van der Waals surface area contributed by atoms with E-state index in [1.807, 2.05) is 55.5 Å². The molecular weight excluding hydrogens is 394 g/mol. The minimum atomic E-state index is -0.0789. The van der Waals surface area contributed by atoms with Crippen LogP contribution in [0.2, 0.25) is 0 Å². The molecule has 1 aliphatic rings. The third-order valence-corrected chi connectivity index (χ3v) is 5.70. The van der Waals surface area contributed by atoms with Gasteiger partial charge in [0.25, 0.3) is 0 Å². The Morgan fingerprint density at radius 3 is 2.60 bits per heavy atom. The molecule has 0 spiro atoms. The van der Waals surface area contributed by atoms with E-state index in [9.17, 15) is 4.79 Å². The fourth-order valence-electron chi connectivity index (χ4n) is 4.00. The zero-order valence-corrected chi connectivity index (χ0v) is 17.9. The highest BCUT2D eigenvalue weighted by Gasteiger charge is 2.40. The van der Waals surface area contributed by atoms with Gasteiger partial charge in [0.15, 0.2) is 5.11 Å². The van der Waals surface area contributed by atoms with Gasteiger partial charge in [-0.15, -0.1) is 0 Å². The molecular formula is C23H25N5OS. The highest BCUT2D eigenvalue weighted by atomic mass is 32.1. The summed E-state index contributed by atoms with van der Waals surface area (Å²) in [5.74, 6) is -0.0361. The van der Waals surface area contributed by atoms with E-state index in [0.717, 1.165) is 22.8 Å². The summed E-state index contributed by atoms with van der Waals surface area (Å²) in [5, 5.41) is 7.01. The lowest BCUT2D eigenvalue weighted by Gasteiger charge is -2.27. The fraction of sp³-hybridized carbons (Fsp3) is 0.261. The van der Waals surface area contributed by atoms with Crippen molar-refractivity contribution < 1.29 is 4.79 Å². The Bertz CT molecular complexity index is 1030. The Labute approximate surface area is 181 Å². The average molecular weight is 420 g/mol. The van der Waals surface area contributed by atoms with Crippen LogP contribution in [-0.2, 0) is 4.79 Å². The summed E-state index contributed by atoms with van der Waals surface area (Å²) in [6.07, 6.45) is 2.13. The van der Waals surface area contributed by atoms with Gasteiger partial charge in [0, 0.05) is 36.2 Å². The van der Waals surface area contributed by atoms with Crippen LogP contribution in [0.5, 0.6) is 0 Å². The Morgan fingerprint density at radius 2 is 1.93 bits per heavy atom. The van der Waals surface area contributed by atoms with Gasteiger partial charge < -0.3 is 20.5 Å². The Morgan fingerprint density at radius 1 is 1.17 bits per heavy atom. The molecule has 4 rings (SSSR count). The molecule has 0 unspecified atom stereocenters. The third-order valence-electron chi connectivity index (χ3n) is 5.34. The maximum atomic E-state index is 12.5. The maximum Gasteiger partial charge on any atom is 0.226 e. The number of nitrogens with zero attached hydrogens (tertiary/aromatic N) is 2. The molecule has 30 heavy (non-hydrogen) atoms. The van der Waals surface area contributed by atoms with Gasteiger partial charge in [-0.05, 0) is 62.0 Å². The van der Waals surface area contributed by atoms with E-state index in [0.29, 0.717) is 18.1 Å². The molecule has 3 heterocycles. The number of aryl methyl sites for hydroxylation is 2. The van der Waals surface area contributed by atoms with Crippen LogP contribution in [0, 0.1) is 13.8 Å². The molecule has 3 N–H and O–H groups in total. The predicted molar refractivity (Wildman–Crippen MR) is 122 cm³/mol. The fourth-order valence-corrected chi connectivity index (χ4v) is 4.34. The van der Waals surface area contributed by atoms with Crippen molar-refractivity contribution in [2.24, 2.45) is 0 Å². The van der Waals surface area contributed by atoms with Crippen LogP contribution in [-0.4, -0.2) is 32.4 Å². The zero-order chi connectivity index (χ0) is 21.1. The first-order chi connectivity index (χ1) is 14.5. The van der Waals surface area contributed by atoms with Crippen molar-refractivity contribution in [3.05, 3.63) is 83.4 Å². The van der Waals surface area contributed by atoms with Gasteiger partial charge >= 0.3 is 0 Å². The summed E-state index contributed by atoms with van der Waals surface area (Å²) in [4.78, 5) is 22.6. The number of amides is 1. The number of aromatic nitrogens is 2. The summed E-state index contributed by atoms with van der Waals surface area (Å²) < 4.78 is 0. The number of thiocarbonyl (C=S) groups is 1. The first kappa shape index (κ1) is 20.1. The monoisotopic (exact) mass is 419 g/mol. The lowest BCUT2D eigenvalue weighted by Crippen LogP contribution is -2.32. The number of anilines is 1. The van der Waals surface area contributed by atoms with Crippen LogP contribution in [0.4, 0.5) is 5.69 Å². The van der Waals surface area contributed by atoms with Gasteiger partial charge in [0.2, 0.25) is 5.91 Å². The second-order valence-electron chi connectivity index (χ2n) is 7.52. The Hall–Kier alpha value is -3.19. The molecule has 1 aromatic carbocycles. The first-order valence-corrected chi connectivity index (χ1v) is 10.4. The number of para-hydroxylation sites is 1. The molecule has 1 saturated heterocycles. The third kappa shape index (κ3) is 4.21. The van der Waals surface area contributed by atoms with E-state index >= 15 is 0 Å². The lowest BCUT2D eigenvalue weighted by atomic mass is 9.96. The number of H-pyrrole nitrogens is 1. The van der Waals surface area contributed by atoms with Crippen LogP contribution in [0.25, 0.3) is 0 Å². The topological polar surface area (TPSA) is 73.1 Å². The molecule has 0 aliphatic carbocycles. The van der Waals surface area contributed by atoms with Gasteiger partial charge in [-0.2, -0.15) is 0 Å². The maximum absolute atomic E-state index is 12.5. The lowest BCUT2D eigenvalue weighted by molar-refractivity contribution is -0.116. The van der Waals surface area contributed by atoms with Gasteiger partial charge in [-0.1, -0.05) is 24.3 Å². The average Bonchev–Trinajstić information content (AvgIpc) is 3.25. The number of hydrogen-bond donors (Lipinski definition) is 3. The van der Waals surface area contributed by atoms with Crippen LogP contribution < -0.4 is 10.6 Å². The molecule has 2 atom stereocenters. The summed E-state index contributed by atoms with van der Waals surface area (Å²) in [6.45, 7) is 4.63. The minimum Gasteiger partial charge on any atom is -0.362 e. The molecule has 1 aliphatic heterocycles. The molecule has 6 nitrogen and oxygen atoms in total. The number of benzene rings is 1. The minimum absolute atomic E-state index is 0.0361. The molecule has 0 bridgehead atoms. The van der Waals surface area contributed by atoms with Crippen LogP contribution in [0.1, 0.15) is 41.1 Å². The largest absolute Gasteiger partial charge is 0.362 e. The smallest absolute Gasteiger partial charge is 0.226 e. The number of carbonyl (C=O) groups excluding carboxylic acids is 1. The standard InChI is InChI=1S/C23H25N5OS/c1-15-14-18(16(2)25-15)22-21(19-10-6-7-12-24-19)27-23(30)28(22)13-11-20(29)26-17-8-4-3-5-9-17/h3-10,12,14,21-22,25H,11,13H2,1-2H3,(H,26,29)(H,27,30)/t21-,22-/m1/s1. The quantitative estimate of drug-likeness (QED) is 0.526. The summed E-state index contributed by atoms with van der Waals surface area (Å²) in [7, 11) is 0. The number of carbonyl (C=O) groups is 1. The van der Waals surface area contributed by atoms with E-state index in [-0.39, 0.29) is 18.0 Å². The molecule has 1 amide bonds. The Balaban J connectivity index is 1.56. The number of hydrogen-bond acceptors (Lipinski definition) is 3. The number of rotatable bonds is 6. The molecule has 2 aromatic heterocycles. The molecule has 0 saturated carbocycles. The summed E-state index contributed by atoms with van der Waals surface area (Å²) >= 11 is 5.67. The van der Waals surface area contributed by atoms with Crippen LogP contribution in [0.15, 0.2) is 60.8 Å². The molecule has 154 valence electrons. The van der Waals surface area contributed by atoms with Gasteiger partial charge in [-0.25, -0.2) is 0 Å². The zero-order valence-electron chi connectivity index (χ0n) is 17.1. The van der Waals surface area contributed by atoms with Crippen molar-refractivity contribution in [2.75, 3.05) is 11.9 Å². The van der Waals surface area contributed by atoms with Gasteiger partial charge in [0.05, 0.1) is 17.8 Å². The van der Waals surface area contributed by atoms with Crippen molar-refractivity contribution in [1.82, 2.24) is 20.2 Å². The molecule has 0 radical (unpaired) electrons. The van der Waals surface area contributed by atoms with E-state index in [1.54, 1.807) is 6.20 Å². The summed E-state index contributed by atoms with van der Waals surface area (Å²) in [5.41, 5.74) is 5.09. The highest BCUT2D eigenvalue weighted by molar-refractivity contribution is 7.80. The number of pyridine rings is 1. The van der Waals surface area contributed by atoms with Gasteiger partial charge in [-0.3, -0.25) is 9.78 Å². The number of nitrogens with one attached hydrogen (secondary N) is 3. The van der Waals surface area contributed by atoms with Crippen LogP contribution in [0.3, 0.4) is 0 Å². The SMILES string of the molecule is Cc1cc([C@@H]2[C@@H](c3ccccn3)NC(=S)N2CCC(=O)Nc2ccccc2)c(C)[nH]1. The second kappa shape index (κ2) is 8.67. The number of aromatic amines is 1. The van der Waals surface area contributed by atoms with E-state index < -0.39 is 0 Å². The first-order valence-electron chi connectivity index (χ1n) is 10.0. The normalized spacial score (nSPS) is 18.3. The van der Waals surface area contributed by atoms with Crippen molar-refractivity contribution in [3.8, 4) is 0 Å². The van der Waals surface area contributed by atoms with E-state index in [4.69, 9.17) is 12.2 Å².